The molecule has 3 rings (SSSR count). The minimum Gasteiger partial charge on any atom is -0.477 e. The van der Waals surface area contributed by atoms with E-state index in [0.717, 1.165) is 18.7 Å². The van der Waals surface area contributed by atoms with Gasteiger partial charge >= 0.3 is 0 Å². The Balaban J connectivity index is 2.16. The van der Waals surface area contributed by atoms with Crippen LogP contribution in [0.15, 0.2) is 22.0 Å². The van der Waals surface area contributed by atoms with Gasteiger partial charge in [0, 0.05) is 17.5 Å². The summed E-state index contributed by atoms with van der Waals surface area (Å²) < 4.78 is 7.37. The van der Waals surface area contributed by atoms with Gasteiger partial charge < -0.3 is 9.72 Å². The first-order chi connectivity index (χ1) is 12.0. The number of hydrogen-bond donors (Lipinski definition) is 2. The number of aromatic amines is 1. The van der Waals surface area contributed by atoms with Gasteiger partial charge in [0.15, 0.2) is 11.3 Å². The van der Waals surface area contributed by atoms with Crippen molar-refractivity contribution in [2.24, 2.45) is 0 Å². The Kier molecular flexibility index (Phi) is 5.08. The van der Waals surface area contributed by atoms with Crippen molar-refractivity contribution >= 4 is 18.1 Å². The number of ether oxygens (including phenoxy) is 1. The van der Waals surface area contributed by atoms with Gasteiger partial charge in [0.2, 0.25) is 5.88 Å². The molecule has 25 heavy (non-hydrogen) atoms. The lowest BCUT2D eigenvalue weighted by atomic mass is 10.2. The number of thiol groups is 1. The fourth-order valence-corrected chi connectivity index (χ4v) is 2.81. The molecule has 0 aromatic carbocycles. The number of pyridine rings is 1. The average molecular weight is 359 g/mol. The minimum absolute atomic E-state index is 0.237. The molecule has 0 aliphatic heterocycles. The second-order valence-corrected chi connectivity index (χ2v) is 6.29. The molecular weight excluding hydrogens is 338 g/mol. The minimum atomic E-state index is -0.237. The van der Waals surface area contributed by atoms with Crippen LogP contribution in [0.3, 0.4) is 0 Å². The fraction of sp³-hybridized carbons (Fsp3) is 0.412. The van der Waals surface area contributed by atoms with Crippen molar-refractivity contribution < 1.29 is 4.74 Å². The van der Waals surface area contributed by atoms with Gasteiger partial charge in [-0.3, -0.25) is 4.79 Å². The molecule has 132 valence electrons. The summed E-state index contributed by atoms with van der Waals surface area (Å²) in [5.74, 6) is 1.56. The first-order valence-corrected chi connectivity index (χ1v) is 8.80. The van der Waals surface area contributed by atoms with Crippen molar-refractivity contribution in [3.63, 3.8) is 0 Å². The number of rotatable bonds is 6. The van der Waals surface area contributed by atoms with Crippen LogP contribution in [0.25, 0.3) is 16.9 Å². The summed E-state index contributed by atoms with van der Waals surface area (Å²) in [7, 11) is 0. The number of hydrogen-bond acceptors (Lipinski definition) is 6. The summed E-state index contributed by atoms with van der Waals surface area (Å²) >= 11 is 4.35. The van der Waals surface area contributed by atoms with Gasteiger partial charge in [0.05, 0.1) is 17.9 Å². The molecule has 1 N–H and O–H groups in total. The highest BCUT2D eigenvalue weighted by atomic mass is 32.1. The Hall–Kier alpha value is -2.35. The number of nitrogens with zero attached hydrogens (tertiary/aromatic N) is 4. The highest BCUT2D eigenvalue weighted by Gasteiger charge is 2.17. The Morgan fingerprint density at radius 2 is 2.16 bits per heavy atom. The van der Waals surface area contributed by atoms with Crippen LogP contribution in [-0.4, -0.2) is 31.2 Å². The molecule has 0 amide bonds. The van der Waals surface area contributed by atoms with E-state index in [2.05, 4.69) is 39.6 Å². The third kappa shape index (κ3) is 3.39. The first-order valence-electron chi connectivity index (χ1n) is 8.35. The maximum absolute atomic E-state index is 12.5. The Labute approximate surface area is 150 Å². The number of unbranched alkanes of at least 4 members (excludes halogenated alkanes) is 1. The number of aromatic nitrogens is 5. The normalized spacial score (nSPS) is 11.2. The summed E-state index contributed by atoms with van der Waals surface area (Å²) in [5.41, 5.74) is 1.50. The molecule has 7 nitrogen and oxygen atoms in total. The first kappa shape index (κ1) is 17.5. The van der Waals surface area contributed by atoms with Gasteiger partial charge in [0.1, 0.15) is 5.82 Å². The Bertz CT molecular complexity index is 964. The van der Waals surface area contributed by atoms with Crippen molar-refractivity contribution in [2.75, 3.05) is 6.61 Å². The van der Waals surface area contributed by atoms with Crippen molar-refractivity contribution in [3.8, 4) is 17.3 Å². The maximum atomic E-state index is 12.5. The predicted molar refractivity (Wildman–Crippen MR) is 98.6 cm³/mol. The summed E-state index contributed by atoms with van der Waals surface area (Å²) in [4.78, 5) is 24.8. The van der Waals surface area contributed by atoms with E-state index < -0.39 is 0 Å². The highest BCUT2D eigenvalue weighted by molar-refractivity contribution is 7.80. The lowest BCUT2D eigenvalue weighted by Gasteiger charge is -2.10. The zero-order valence-corrected chi connectivity index (χ0v) is 15.4. The van der Waals surface area contributed by atoms with E-state index in [9.17, 15) is 4.79 Å². The van der Waals surface area contributed by atoms with Crippen molar-refractivity contribution in [3.05, 3.63) is 34.1 Å². The van der Waals surface area contributed by atoms with E-state index in [1.165, 1.54) is 0 Å². The van der Waals surface area contributed by atoms with Crippen LogP contribution < -0.4 is 10.3 Å². The number of nitrogens with one attached hydrogen (secondary N) is 1. The standard InChI is InChI=1S/C17H21N5O2S/c1-4-6-7-24-17-12(8-11(25)9-18-17)15-20-16(23)14-10(3)19-13(5-2)22(14)21-15/h8-9,25H,4-7H2,1-3H3,(H,20,21,23). The average Bonchev–Trinajstić information content (AvgIpc) is 2.92. The molecule has 0 aliphatic rings. The second kappa shape index (κ2) is 7.26. The van der Waals surface area contributed by atoms with Gasteiger partial charge in [-0.25, -0.2) is 14.5 Å². The van der Waals surface area contributed by atoms with Gasteiger partial charge in [0.25, 0.3) is 5.56 Å². The smallest absolute Gasteiger partial charge is 0.277 e. The largest absolute Gasteiger partial charge is 0.477 e. The lowest BCUT2D eigenvalue weighted by molar-refractivity contribution is 0.298. The number of fused-ring (bicyclic) bond motifs is 1. The fourth-order valence-electron chi connectivity index (χ4n) is 2.63. The van der Waals surface area contributed by atoms with Crippen LogP contribution in [0, 0.1) is 6.92 Å². The van der Waals surface area contributed by atoms with Crippen LogP contribution in [0.2, 0.25) is 0 Å². The quantitative estimate of drug-likeness (QED) is 0.522. The van der Waals surface area contributed by atoms with Crippen LogP contribution in [0.4, 0.5) is 0 Å². The van der Waals surface area contributed by atoms with Crippen molar-refractivity contribution in [1.82, 2.24) is 24.6 Å². The molecule has 0 saturated carbocycles. The second-order valence-electron chi connectivity index (χ2n) is 5.78. The van der Waals surface area contributed by atoms with Crippen molar-refractivity contribution in [2.45, 2.75) is 44.9 Å². The zero-order valence-electron chi connectivity index (χ0n) is 14.5. The molecule has 0 radical (unpaired) electrons. The van der Waals surface area contributed by atoms with E-state index in [1.807, 2.05) is 6.92 Å². The van der Waals surface area contributed by atoms with Gasteiger partial charge in [-0.1, -0.05) is 20.3 Å². The van der Waals surface area contributed by atoms with E-state index in [0.29, 0.717) is 46.4 Å². The van der Waals surface area contributed by atoms with Crippen LogP contribution in [-0.2, 0) is 6.42 Å². The summed E-state index contributed by atoms with van der Waals surface area (Å²) in [6, 6.07) is 1.79. The van der Waals surface area contributed by atoms with Gasteiger partial charge in [-0.05, 0) is 19.4 Å². The number of imidazole rings is 1. The summed E-state index contributed by atoms with van der Waals surface area (Å²) in [5, 5.41) is 4.57. The molecule has 3 aromatic heterocycles. The molecular formula is C17H21N5O2S. The molecule has 3 heterocycles. The SMILES string of the molecule is CCCCOc1ncc(S)cc1-c1nn2c(CC)nc(C)c2c(=O)[nH]1. The van der Waals surface area contributed by atoms with Gasteiger partial charge in [-0.15, -0.1) is 17.7 Å². The molecule has 0 unspecified atom stereocenters. The number of aryl methyl sites for hydroxylation is 2. The molecule has 0 saturated heterocycles. The highest BCUT2D eigenvalue weighted by Crippen LogP contribution is 2.27. The van der Waals surface area contributed by atoms with E-state index in [1.54, 1.807) is 23.7 Å². The summed E-state index contributed by atoms with van der Waals surface area (Å²) in [6.45, 7) is 6.43. The van der Waals surface area contributed by atoms with E-state index in [-0.39, 0.29) is 5.56 Å². The molecule has 0 bridgehead atoms. The van der Waals surface area contributed by atoms with Crippen LogP contribution in [0.1, 0.15) is 38.2 Å². The Morgan fingerprint density at radius 1 is 1.36 bits per heavy atom. The third-order valence-electron chi connectivity index (χ3n) is 3.89. The lowest BCUT2D eigenvalue weighted by Crippen LogP contribution is -2.16. The predicted octanol–water partition coefficient (Wildman–Crippen LogP) is 2.82. The number of H-pyrrole nitrogens is 1. The monoisotopic (exact) mass is 359 g/mol. The summed E-state index contributed by atoms with van der Waals surface area (Å²) in [6.07, 6.45) is 4.24. The Morgan fingerprint density at radius 3 is 2.88 bits per heavy atom. The third-order valence-corrected chi connectivity index (χ3v) is 4.13. The molecule has 0 spiro atoms. The van der Waals surface area contributed by atoms with E-state index >= 15 is 0 Å². The molecule has 3 aromatic rings. The van der Waals surface area contributed by atoms with Gasteiger partial charge in [-0.2, -0.15) is 0 Å². The molecule has 0 fully saturated rings. The maximum Gasteiger partial charge on any atom is 0.277 e. The van der Waals surface area contributed by atoms with Crippen molar-refractivity contribution in [1.29, 1.82) is 0 Å². The molecule has 8 heteroatoms. The van der Waals surface area contributed by atoms with E-state index in [4.69, 9.17) is 4.74 Å². The van der Waals surface area contributed by atoms with Crippen LogP contribution in [0.5, 0.6) is 5.88 Å². The topological polar surface area (TPSA) is 85.2 Å². The van der Waals surface area contributed by atoms with Crippen LogP contribution >= 0.6 is 12.6 Å². The zero-order chi connectivity index (χ0) is 18.0. The molecule has 0 atom stereocenters. The molecule has 0 aliphatic carbocycles.